The second-order valence-corrected chi connectivity index (χ2v) is 6.95. The number of benzene rings is 3. The van der Waals surface area contributed by atoms with E-state index in [1.807, 2.05) is 54.6 Å². The summed E-state index contributed by atoms with van der Waals surface area (Å²) in [7, 11) is 0. The van der Waals surface area contributed by atoms with Gasteiger partial charge in [0.05, 0.1) is 5.69 Å². The third kappa shape index (κ3) is 4.35. The van der Waals surface area contributed by atoms with Crippen LogP contribution < -0.4 is 10.1 Å². The van der Waals surface area contributed by atoms with E-state index < -0.39 is 11.6 Å². The van der Waals surface area contributed by atoms with Gasteiger partial charge in [-0.2, -0.15) is 0 Å². The number of aromatic nitrogens is 1. The maximum Gasteiger partial charge on any atom is 0.187 e. The third-order valence-corrected chi connectivity index (χ3v) is 4.80. The molecule has 0 spiro atoms. The van der Waals surface area contributed by atoms with E-state index in [-0.39, 0.29) is 5.56 Å². The van der Waals surface area contributed by atoms with Crippen LogP contribution in [0.5, 0.6) is 5.75 Å². The molecule has 0 fully saturated rings. The van der Waals surface area contributed by atoms with Crippen LogP contribution in [0.25, 0.3) is 11.3 Å². The Morgan fingerprint density at radius 2 is 1.79 bits per heavy atom. The summed E-state index contributed by atoms with van der Waals surface area (Å²) in [6, 6.07) is 20.9. The highest BCUT2D eigenvalue weighted by Gasteiger charge is 2.11. The van der Waals surface area contributed by atoms with Crippen LogP contribution in [0.15, 0.2) is 78.2 Å². The lowest BCUT2D eigenvalue weighted by atomic mass is 10.1. The summed E-state index contributed by atoms with van der Waals surface area (Å²) in [6.07, 6.45) is 0. The first-order valence-corrected chi connectivity index (χ1v) is 9.50. The zero-order valence-electron chi connectivity index (χ0n) is 14.7. The van der Waals surface area contributed by atoms with E-state index in [1.165, 1.54) is 23.5 Å². The highest BCUT2D eigenvalue weighted by molar-refractivity contribution is 7.14. The van der Waals surface area contributed by atoms with Crippen LogP contribution in [-0.2, 0) is 6.61 Å². The van der Waals surface area contributed by atoms with Crippen LogP contribution in [0.2, 0.25) is 0 Å². The molecule has 1 aromatic heterocycles. The molecule has 6 heteroatoms. The molecule has 4 aromatic rings. The van der Waals surface area contributed by atoms with Gasteiger partial charge in [-0.1, -0.05) is 36.4 Å². The molecular formula is C22H16F2N2OS. The van der Waals surface area contributed by atoms with Gasteiger partial charge in [-0.15, -0.1) is 11.3 Å². The molecule has 0 aliphatic rings. The minimum absolute atomic E-state index is 0.269. The average Bonchev–Trinajstić information content (AvgIpc) is 3.15. The standard InChI is InChI=1S/C22H16F2N2OS/c23-16-9-10-19(20(24)11-16)21-14-28-22(26-21)25-17-7-4-8-18(12-17)27-13-15-5-2-1-3-6-15/h1-12,14H,13H2,(H,25,26). The van der Waals surface area contributed by atoms with E-state index in [2.05, 4.69) is 10.3 Å². The number of halogens is 2. The predicted octanol–water partition coefficient (Wildman–Crippen LogP) is 6.41. The van der Waals surface area contributed by atoms with Gasteiger partial charge in [0.2, 0.25) is 0 Å². The second-order valence-electron chi connectivity index (χ2n) is 6.09. The lowest BCUT2D eigenvalue weighted by Crippen LogP contribution is -1.96. The van der Waals surface area contributed by atoms with Crippen molar-refractivity contribution in [2.75, 3.05) is 5.32 Å². The molecule has 4 rings (SSSR count). The van der Waals surface area contributed by atoms with Crippen LogP contribution in [0.3, 0.4) is 0 Å². The molecule has 1 N–H and O–H groups in total. The van der Waals surface area contributed by atoms with E-state index in [0.717, 1.165) is 23.1 Å². The van der Waals surface area contributed by atoms with E-state index >= 15 is 0 Å². The van der Waals surface area contributed by atoms with E-state index in [9.17, 15) is 8.78 Å². The number of thiazole rings is 1. The molecule has 140 valence electrons. The predicted molar refractivity (Wildman–Crippen MR) is 108 cm³/mol. The number of anilines is 2. The molecule has 1 heterocycles. The largest absolute Gasteiger partial charge is 0.489 e. The summed E-state index contributed by atoms with van der Waals surface area (Å²) >= 11 is 1.34. The molecule has 0 aliphatic heterocycles. The molecule has 0 aliphatic carbocycles. The van der Waals surface area contributed by atoms with Crippen molar-refractivity contribution in [1.82, 2.24) is 4.98 Å². The van der Waals surface area contributed by atoms with Crippen molar-refractivity contribution in [3.05, 3.63) is 95.4 Å². The first-order chi connectivity index (χ1) is 13.7. The highest BCUT2D eigenvalue weighted by Crippen LogP contribution is 2.30. The van der Waals surface area contributed by atoms with Crippen molar-refractivity contribution in [3.63, 3.8) is 0 Å². The fourth-order valence-corrected chi connectivity index (χ4v) is 3.41. The van der Waals surface area contributed by atoms with Crippen molar-refractivity contribution in [3.8, 4) is 17.0 Å². The van der Waals surface area contributed by atoms with Crippen LogP contribution >= 0.6 is 11.3 Å². The molecule has 0 bridgehead atoms. The fraction of sp³-hybridized carbons (Fsp3) is 0.0455. The summed E-state index contributed by atoms with van der Waals surface area (Å²) in [4.78, 5) is 4.39. The highest BCUT2D eigenvalue weighted by atomic mass is 32.1. The van der Waals surface area contributed by atoms with Gasteiger partial charge in [-0.05, 0) is 29.8 Å². The number of hydrogen-bond acceptors (Lipinski definition) is 4. The maximum atomic E-state index is 13.9. The van der Waals surface area contributed by atoms with Gasteiger partial charge in [-0.25, -0.2) is 13.8 Å². The van der Waals surface area contributed by atoms with Crippen molar-refractivity contribution in [1.29, 1.82) is 0 Å². The second kappa shape index (κ2) is 8.19. The Bertz CT molecular complexity index is 1080. The van der Waals surface area contributed by atoms with Gasteiger partial charge in [0.25, 0.3) is 0 Å². The Balaban J connectivity index is 1.45. The SMILES string of the molecule is Fc1ccc(-c2csc(Nc3cccc(OCc4ccccc4)c3)n2)c(F)c1. The fourth-order valence-electron chi connectivity index (χ4n) is 2.68. The van der Waals surface area contributed by atoms with Crippen molar-refractivity contribution < 1.29 is 13.5 Å². The Labute approximate surface area is 165 Å². The summed E-state index contributed by atoms with van der Waals surface area (Å²) < 4.78 is 32.9. The minimum Gasteiger partial charge on any atom is -0.489 e. The smallest absolute Gasteiger partial charge is 0.187 e. The Morgan fingerprint density at radius 3 is 2.61 bits per heavy atom. The lowest BCUT2D eigenvalue weighted by Gasteiger charge is -2.08. The number of nitrogens with zero attached hydrogens (tertiary/aromatic N) is 1. The van der Waals surface area contributed by atoms with Gasteiger partial charge in [0.15, 0.2) is 5.13 Å². The zero-order valence-corrected chi connectivity index (χ0v) is 15.5. The molecule has 0 radical (unpaired) electrons. The van der Waals surface area contributed by atoms with Crippen molar-refractivity contribution in [2.24, 2.45) is 0 Å². The van der Waals surface area contributed by atoms with Crippen LogP contribution in [0.1, 0.15) is 5.56 Å². The van der Waals surface area contributed by atoms with Crippen LogP contribution in [0.4, 0.5) is 19.6 Å². The molecule has 0 atom stereocenters. The molecule has 0 amide bonds. The lowest BCUT2D eigenvalue weighted by molar-refractivity contribution is 0.306. The Hall–Kier alpha value is -3.25. The molecule has 0 saturated carbocycles. The first-order valence-electron chi connectivity index (χ1n) is 8.62. The van der Waals surface area contributed by atoms with Gasteiger partial charge >= 0.3 is 0 Å². The van der Waals surface area contributed by atoms with Gasteiger partial charge in [0, 0.05) is 28.8 Å². The maximum absolute atomic E-state index is 13.9. The number of hydrogen-bond donors (Lipinski definition) is 1. The van der Waals surface area contributed by atoms with Crippen molar-refractivity contribution >= 4 is 22.2 Å². The summed E-state index contributed by atoms with van der Waals surface area (Å²) in [5.74, 6) is -0.509. The molecule has 28 heavy (non-hydrogen) atoms. The minimum atomic E-state index is -0.631. The normalized spacial score (nSPS) is 10.6. The zero-order chi connectivity index (χ0) is 19.3. The average molecular weight is 394 g/mol. The quantitative estimate of drug-likeness (QED) is 0.410. The van der Waals surface area contributed by atoms with Gasteiger partial charge < -0.3 is 10.1 Å². The monoisotopic (exact) mass is 394 g/mol. The Morgan fingerprint density at radius 1 is 0.929 bits per heavy atom. The number of rotatable bonds is 6. The third-order valence-electron chi connectivity index (χ3n) is 4.04. The molecule has 0 unspecified atom stereocenters. The topological polar surface area (TPSA) is 34.1 Å². The number of ether oxygens (including phenoxy) is 1. The van der Waals surface area contributed by atoms with E-state index in [0.29, 0.717) is 17.4 Å². The molecular weight excluding hydrogens is 378 g/mol. The first kappa shape index (κ1) is 18.1. The summed E-state index contributed by atoms with van der Waals surface area (Å²) in [5, 5.41) is 5.54. The number of nitrogens with one attached hydrogen (secondary N) is 1. The van der Waals surface area contributed by atoms with Gasteiger partial charge in [-0.3, -0.25) is 0 Å². The van der Waals surface area contributed by atoms with E-state index in [1.54, 1.807) is 5.38 Å². The van der Waals surface area contributed by atoms with Crippen LogP contribution in [0, 0.1) is 11.6 Å². The molecule has 3 nitrogen and oxygen atoms in total. The summed E-state index contributed by atoms with van der Waals surface area (Å²) in [5.41, 5.74) is 2.63. The van der Waals surface area contributed by atoms with Gasteiger partial charge in [0.1, 0.15) is 24.0 Å². The summed E-state index contributed by atoms with van der Waals surface area (Å²) in [6.45, 7) is 0.482. The van der Waals surface area contributed by atoms with Crippen molar-refractivity contribution in [2.45, 2.75) is 6.61 Å². The molecule has 3 aromatic carbocycles. The Kier molecular flexibility index (Phi) is 5.30. The van der Waals surface area contributed by atoms with Crippen LogP contribution in [-0.4, -0.2) is 4.98 Å². The van der Waals surface area contributed by atoms with E-state index in [4.69, 9.17) is 4.74 Å². The molecule has 0 saturated heterocycles.